The van der Waals surface area contributed by atoms with Gasteiger partial charge in [0, 0.05) is 37.8 Å². The lowest BCUT2D eigenvalue weighted by molar-refractivity contribution is -0.113. The van der Waals surface area contributed by atoms with E-state index >= 15 is 0 Å². The summed E-state index contributed by atoms with van der Waals surface area (Å²) in [5.74, 6) is 0.465. The van der Waals surface area contributed by atoms with E-state index in [1.54, 1.807) is 12.4 Å². The van der Waals surface area contributed by atoms with Crippen LogP contribution in [0.5, 0.6) is 0 Å². The van der Waals surface area contributed by atoms with Gasteiger partial charge in [0.05, 0.1) is 29.3 Å². The first-order valence-electron chi connectivity index (χ1n) is 8.78. The standard InChI is InChI=1S/C19H19ClN6O/c1-3-13-15(5-4-6-22-13)25(2)19-23-7-12-10-26(11-14(12)24-19)16-8-21-9-17(27)18(16)20/h4-8H,3,9-11H2,1-2H3. The second-order valence-electron chi connectivity index (χ2n) is 6.47. The molecule has 0 unspecified atom stereocenters. The van der Waals surface area contributed by atoms with Crippen LogP contribution in [0.2, 0.25) is 0 Å². The van der Waals surface area contributed by atoms with Crippen LogP contribution in [-0.4, -0.2) is 45.4 Å². The van der Waals surface area contributed by atoms with Gasteiger partial charge in [0.15, 0.2) is 5.78 Å². The molecule has 4 rings (SSSR count). The van der Waals surface area contributed by atoms with E-state index in [0.717, 1.165) is 29.1 Å². The average molecular weight is 383 g/mol. The number of aromatic nitrogens is 3. The predicted molar refractivity (Wildman–Crippen MR) is 104 cm³/mol. The van der Waals surface area contributed by atoms with Crippen molar-refractivity contribution in [3.05, 3.63) is 52.2 Å². The van der Waals surface area contributed by atoms with Crippen molar-refractivity contribution in [1.29, 1.82) is 0 Å². The minimum atomic E-state index is -0.152. The van der Waals surface area contributed by atoms with Crippen LogP contribution in [0.3, 0.4) is 0 Å². The van der Waals surface area contributed by atoms with Gasteiger partial charge in [-0.05, 0) is 18.6 Å². The molecule has 0 saturated heterocycles. The maximum atomic E-state index is 11.8. The van der Waals surface area contributed by atoms with Crippen molar-refractivity contribution in [2.45, 2.75) is 26.4 Å². The molecule has 2 aliphatic rings. The number of aliphatic imine (C=N–C) groups is 1. The van der Waals surface area contributed by atoms with Gasteiger partial charge in [-0.15, -0.1) is 0 Å². The van der Waals surface area contributed by atoms with Gasteiger partial charge in [0.25, 0.3) is 0 Å². The highest BCUT2D eigenvalue weighted by Gasteiger charge is 2.28. The molecule has 0 fully saturated rings. The largest absolute Gasteiger partial charge is 0.359 e. The van der Waals surface area contributed by atoms with Crippen LogP contribution < -0.4 is 4.90 Å². The number of anilines is 2. The summed E-state index contributed by atoms with van der Waals surface area (Å²) in [4.78, 5) is 33.6. The summed E-state index contributed by atoms with van der Waals surface area (Å²) in [7, 11) is 1.94. The molecule has 27 heavy (non-hydrogen) atoms. The fourth-order valence-electron chi connectivity index (χ4n) is 3.29. The molecule has 7 nitrogen and oxygen atoms in total. The Labute approximate surface area is 162 Å². The topological polar surface area (TPSA) is 74.6 Å². The number of aryl methyl sites for hydroxylation is 1. The van der Waals surface area contributed by atoms with Crippen LogP contribution in [0.15, 0.2) is 40.2 Å². The number of carbonyl (C=O) groups is 1. The normalized spacial score (nSPS) is 16.1. The summed E-state index contributed by atoms with van der Waals surface area (Å²) in [5, 5.41) is 0.242. The number of hydrogen-bond donors (Lipinski definition) is 0. The minimum Gasteiger partial charge on any atom is -0.359 e. The maximum Gasteiger partial charge on any atom is 0.229 e. The molecule has 4 heterocycles. The van der Waals surface area contributed by atoms with Gasteiger partial charge in [0.1, 0.15) is 11.6 Å². The predicted octanol–water partition coefficient (Wildman–Crippen LogP) is 2.62. The quantitative estimate of drug-likeness (QED) is 0.809. The third-order valence-corrected chi connectivity index (χ3v) is 5.17. The lowest BCUT2D eigenvalue weighted by Crippen LogP contribution is -2.23. The Morgan fingerprint density at radius 1 is 1.30 bits per heavy atom. The summed E-state index contributed by atoms with van der Waals surface area (Å²) in [6, 6.07) is 3.93. The van der Waals surface area contributed by atoms with Crippen molar-refractivity contribution in [3.8, 4) is 0 Å². The molecule has 0 saturated carbocycles. The molecule has 0 amide bonds. The molecule has 0 aromatic carbocycles. The number of pyridine rings is 1. The Morgan fingerprint density at radius 3 is 2.96 bits per heavy atom. The fraction of sp³-hybridized carbons (Fsp3) is 0.316. The minimum absolute atomic E-state index is 0.114. The van der Waals surface area contributed by atoms with E-state index in [1.807, 2.05) is 35.2 Å². The molecule has 0 atom stereocenters. The first kappa shape index (κ1) is 17.6. The number of halogens is 1. The zero-order chi connectivity index (χ0) is 19.0. The maximum absolute atomic E-state index is 11.8. The Hall–Kier alpha value is -2.80. The van der Waals surface area contributed by atoms with Gasteiger partial charge < -0.3 is 9.80 Å². The number of fused-ring (bicyclic) bond motifs is 1. The van der Waals surface area contributed by atoms with Gasteiger partial charge in [-0.2, -0.15) is 0 Å². The zero-order valence-corrected chi connectivity index (χ0v) is 15.9. The smallest absolute Gasteiger partial charge is 0.229 e. The van der Waals surface area contributed by atoms with Gasteiger partial charge in [-0.25, -0.2) is 9.97 Å². The molecule has 2 aromatic heterocycles. The molecule has 2 aliphatic heterocycles. The molecule has 0 aliphatic carbocycles. The third-order valence-electron chi connectivity index (χ3n) is 4.76. The number of rotatable bonds is 4. The highest BCUT2D eigenvalue weighted by Crippen LogP contribution is 2.30. The molecular formula is C19H19ClN6O. The second-order valence-corrected chi connectivity index (χ2v) is 6.85. The number of carbonyl (C=O) groups excluding carboxylic acids is 1. The molecular weight excluding hydrogens is 364 g/mol. The monoisotopic (exact) mass is 382 g/mol. The molecule has 0 radical (unpaired) electrons. The van der Waals surface area contributed by atoms with Crippen LogP contribution in [0.1, 0.15) is 23.9 Å². The molecule has 2 aromatic rings. The summed E-state index contributed by atoms with van der Waals surface area (Å²) < 4.78 is 0. The van der Waals surface area contributed by atoms with Crippen LogP contribution in [0.25, 0.3) is 0 Å². The van der Waals surface area contributed by atoms with Crippen molar-refractivity contribution in [2.24, 2.45) is 4.99 Å². The van der Waals surface area contributed by atoms with E-state index < -0.39 is 0 Å². The molecule has 8 heteroatoms. The van der Waals surface area contributed by atoms with Crippen LogP contribution >= 0.6 is 11.6 Å². The zero-order valence-electron chi connectivity index (χ0n) is 15.2. The number of nitrogens with zero attached hydrogens (tertiary/aromatic N) is 6. The molecule has 138 valence electrons. The summed E-state index contributed by atoms with van der Waals surface area (Å²) in [6.45, 7) is 3.36. The summed E-state index contributed by atoms with van der Waals surface area (Å²) in [5.41, 5.74) is 4.60. The van der Waals surface area contributed by atoms with Crippen molar-refractivity contribution in [1.82, 2.24) is 19.9 Å². The number of allylic oxidation sites excluding steroid dienone is 1. The Bertz CT molecular complexity index is 970. The highest BCUT2D eigenvalue weighted by atomic mass is 35.5. The van der Waals surface area contributed by atoms with Gasteiger partial charge >= 0.3 is 0 Å². The third kappa shape index (κ3) is 3.19. The van der Waals surface area contributed by atoms with Crippen molar-refractivity contribution >= 4 is 35.2 Å². The number of dihydropyridines is 1. The van der Waals surface area contributed by atoms with E-state index in [2.05, 4.69) is 21.9 Å². The summed E-state index contributed by atoms with van der Waals surface area (Å²) in [6.07, 6.45) is 6.13. The molecule has 0 N–H and O–H groups in total. The SMILES string of the molecule is CCc1ncccc1N(C)c1ncc2c(n1)CN(C1=C(Cl)C(=O)CN=C1)C2. The van der Waals surface area contributed by atoms with Crippen molar-refractivity contribution in [2.75, 3.05) is 18.5 Å². The average Bonchev–Trinajstić information content (AvgIpc) is 3.12. The van der Waals surface area contributed by atoms with E-state index in [4.69, 9.17) is 16.6 Å². The Kier molecular flexibility index (Phi) is 4.61. The Morgan fingerprint density at radius 2 is 2.15 bits per heavy atom. The number of hydrogen-bond acceptors (Lipinski definition) is 7. The van der Waals surface area contributed by atoms with Crippen molar-refractivity contribution in [3.63, 3.8) is 0 Å². The molecule has 0 bridgehead atoms. The van der Waals surface area contributed by atoms with Crippen LogP contribution in [0, 0.1) is 0 Å². The number of ketones is 1. The van der Waals surface area contributed by atoms with Crippen LogP contribution in [-0.2, 0) is 24.3 Å². The summed E-state index contributed by atoms with van der Waals surface area (Å²) >= 11 is 6.20. The van der Waals surface area contributed by atoms with Crippen molar-refractivity contribution < 1.29 is 4.79 Å². The first-order valence-corrected chi connectivity index (χ1v) is 9.16. The second kappa shape index (κ2) is 7.08. The van der Waals surface area contributed by atoms with Gasteiger partial charge in [-0.1, -0.05) is 18.5 Å². The van der Waals surface area contributed by atoms with E-state index in [0.29, 0.717) is 24.7 Å². The van der Waals surface area contributed by atoms with E-state index in [-0.39, 0.29) is 17.4 Å². The lowest BCUT2D eigenvalue weighted by Gasteiger charge is -2.21. The Balaban J connectivity index is 1.61. The highest BCUT2D eigenvalue weighted by molar-refractivity contribution is 6.44. The fourth-order valence-corrected chi connectivity index (χ4v) is 3.52. The van der Waals surface area contributed by atoms with E-state index in [9.17, 15) is 4.79 Å². The number of Topliss-reactive ketones (excluding diaryl/α,β-unsaturated/α-hetero) is 1. The van der Waals surface area contributed by atoms with E-state index in [1.165, 1.54) is 0 Å². The van der Waals surface area contributed by atoms with Crippen LogP contribution in [0.4, 0.5) is 11.6 Å². The first-order chi connectivity index (χ1) is 13.1. The van der Waals surface area contributed by atoms with Gasteiger partial charge in [-0.3, -0.25) is 14.8 Å². The lowest BCUT2D eigenvalue weighted by atomic mass is 10.2. The molecule has 0 spiro atoms. The van der Waals surface area contributed by atoms with Gasteiger partial charge in [0.2, 0.25) is 5.95 Å².